The van der Waals surface area contributed by atoms with Crippen LogP contribution in [0.4, 0.5) is 0 Å². The van der Waals surface area contributed by atoms with E-state index in [4.69, 9.17) is 5.73 Å². The van der Waals surface area contributed by atoms with Crippen LogP contribution in [0.2, 0.25) is 0 Å². The highest BCUT2D eigenvalue weighted by atomic mass is 14.7. The summed E-state index contributed by atoms with van der Waals surface area (Å²) in [7, 11) is 0. The molecule has 0 radical (unpaired) electrons. The molecule has 0 heterocycles. The normalized spacial score (nSPS) is 42.2. The molecule has 3 fully saturated rings. The lowest BCUT2D eigenvalue weighted by Crippen LogP contribution is -2.44. The van der Waals surface area contributed by atoms with Gasteiger partial charge in [-0.3, -0.25) is 0 Å². The van der Waals surface area contributed by atoms with E-state index in [1.54, 1.807) is 0 Å². The van der Waals surface area contributed by atoms with Crippen LogP contribution >= 0.6 is 0 Å². The lowest BCUT2D eigenvalue weighted by Gasteiger charge is -2.44. The van der Waals surface area contributed by atoms with Crippen LogP contribution < -0.4 is 5.73 Å². The van der Waals surface area contributed by atoms with Gasteiger partial charge < -0.3 is 5.73 Å². The number of fused-ring (bicyclic) bond motifs is 1. The van der Waals surface area contributed by atoms with E-state index in [2.05, 4.69) is 0 Å². The van der Waals surface area contributed by atoms with Crippen molar-refractivity contribution in [1.29, 1.82) is 0 Å². The molecule has 16 heavy (non-hydrogen) atoms. The summed E-state index contributed by atoms with van der Waals surface area (Å²) in [6, 6.07) is 0.552. The molecular formula is C15H27N. The van der Waals surface area contributed by atoms with Gasteiger partial charge in [0.1, 0.15) is 0 Å². The number of rotatable bonds is 2. The van der Waals surface area contributed by atoms with Gasteiger partial charge in [0, 0.05) is 6.04 Å². The molecule has 92 valence electrons. The van der Waals surface area contributed by atoms with Gasteiger partial charge in [0.25, 0.3) is 0 Å². The maximum Gasteiger partial charge on any atom is 0.00957 e. The van der Waals surface area contributed by atoms with Crippen LogP contribution in [0.3, 0.4) is 0 Å². The first kappa shape index (κ1) is 11.1. The molecule has 1 nitrogen and oxygen atoms in total. The van der Waals surface area contributed by atoms with Crippen molar-refractivity contribution in [2.75, 3.05) is 0 Å². The molecule has 4 atom stereocenters. The van der Waals surface area contributed by atoms with Crippen molar-refractivity contribution < 1.29 is 0 Å². The van der Waals surface area contributed by atoms with Crippen molar-refractivity contribution in [3.05, 3.63) is 0 Å². The van der Waals surface area contributed by atoms with Crippen molar-refractivity contribution >= 4 is 0 Å². The molecule has 3 saturated carbocycles. The lowest BCUT2D eigenvalue weighted by molar-refractivity contribution is 0.0892. The number of hydrogen-bond acceptors (Lipinski definition) is 1. The molecule has 0 amide bonds. The van der Waals surface area contributed by atoms with E-state index in [1.165, 1.54) is 64.2 Å². The Labute approximate surface area is 100 Å². The fourth-order valence-corrected chi connectivity index (χ4v) is 4.47. The molecule has 4 unspecified atom stereocenters. The van der Waals surface area contributed by atoms with Crippen LogP contribution in [0, 0.1) is 23.7 Å². The highest BCUT2D eigenvalue weighted by molar-refractivity contribution is 4.91. The van der Waals surface area contributed by atoms with Crippen LogP contribution in [0.5, 0.6) is 0 Å². The summed E-state index contributed by atoms with van der Waals surface area (Å²) in [6.07, 6.45) is 14.7. The molecule has 3 aliphatic carbocycles. The van der Waals surface area contributed by atoms with E-state index in [0.29, 0.717) is 6.04 Å². The van der Waals surface area contributed by atoms with Crippen LogP contribution in [0.25, 0.3) is 0 Å². The third-order valence-corrected chi connectivity index (χ3v) is 5.82. The van der Waals surface area contributed by atoms with Gasteiger partial charge in [-0.15, -0.1) is 0 Å². The predicted molar refractivity (Wildman–Crippen MR) is 68.1 cm³/mol. The summed E-state index contributed by atoms with van der Waals surface area (Å²) in [4.78, 5) is 0. The maximum absolute atomic E-state index is 6.48. The number of hydrogen-bond donors (Lipinski definition) is 1. The molecule has 0 aliphatic heterocycles. The van der Waals surface area contributed by atoms with Crippen molar-refractivity contribution in [3.8, 4) is 0 Å². The van der Waals surface area contributed by atoms with E-state index in [-0.39, 0.29) is 0 Å². The van der Waals surface area contributed by atoms with Gasteiger partial charge in [0.2, 0.25) is 0 Å². The van der Waals surface area contributed by atoms with Gasteiger partial charge in [-0.05, 0) is 55.8 Å². The van der Waals surface area contributed by atoms with Crippen molar-refractivity contribution in [1.82, 2.24) is 0 Å². The summed E-state index contributed by atoms with van der Waals surface area (Å²) >= 11 is 0. The molecule has 0 aromatic rings. The SMILES string of the molecule is NC(C1CCC1)C1CCC2CCCCC2C1. The minimum Gasteiger partial charge on any atom is -0.327 e. The molecule has 0 aromatic carbocycles. The Bertz CT molecular complexity index is 234. The maximum atomic E-state index is 6.48. The summed E-state index contributed by atoms with van der Waals surface area (Å²) in [5.41, 5.74) is 6.48. The topological polar surface area (TPSA) is 26.0 Å². The number of nitrogens with two attached hydrogens (primary N) is 1. The van der Waals surface area contributed by atoms with Gasteiger partial charge in [-0.2, -0.15) is 0 Å². The summed E-state index contributed by atoms with van der Waals surface area (Å²) in [6.45, 7) is 0. The Morgan fingerprint density at radius 2 is 1.44 bits per heavy atom. The van der Waals surface area contributed by atoms with Gasteiger partial charge >= 0.3 is 0 Å². The quantitative estimate of drug-likeness (QED) is 0.755. The monoisotopic (exact) mass is 221 g/mol. The Hall–Kier alpha value is -0.0400. The largest absolute Gasteiger partial charge is 0.327 e. The molecule has 0 aromatic heterocycles. The van der Waals surface area contributed by atoms with E-state index in [0.717, 1.165) is 23.7 Å². The zero-order valence-corrected chi connectivity index (χ0v) is 10.5. The highest BCUT2D eigenvalue weighted by Crippen LogP contribution is 2.45. The molecular weight excluding hydrogens is 194 g/mol. The van der Waals surface area contributed by atoms with E-state index in [9.17, 15) is 0 Å². The minimum absolute atomic E-state index is 0.552. The van der Waals surface area contributed by atoms with E-state index in [1.807, 2.05) is 0 Å². The average molecular weight is 221 g/mol. The standard InChI is InChI=1S/C15H27N/c16-15(12-6-3-7-12)14-9-8-11-4-1-2-5-13(11)10-14/h11-15H,1-10,16H2. The van der Waals surface area contributed by atoms with Crippen molar-refractivity contribution in [2.45, 2.75) is 70.3 Å². The fourth-order valence-electron chi connectivity index (χ4n) is 4.47. The third kappa shape index (κ3) is 2.03. The predicted octanol–water partition coefficient (Wildman–Crippen LogP) is 3.72. The minimum atomic E-state index is 0.552. The fraction of sp³-hybridized carbons (Fsp3) is 1.00. The average Bonchev–Trinajstić information content (AvgIpc) is 2.26. The molecule has 0 spiro atoms. The zero-order chi connectivity index (χ0) is 11.0. The Kier molecular flexibility index (Phi) is 3.24. The molecule has 1 heteroatoms. The first-order valence-electron chi connectivity index (χ1n) is 7.60. The molecule has 3 rings (SSSR count). The van der Waals surface area contributed by atoms with Crippen LogP contribution in [-0.2, 0) is 0 Å². The second-order valence-electron chi connectivity index (χ2n) is 6.65. The van der Waals surface area contributed by atoms with Crippen LogP contribution in [0.1, 0.15) is 64.2 Å². The molecule has 0 bridgehead atoms. The first-order valence-corrected chi connectivity index (χ1v) is 7.60. The summed E-state index contributed by atoms with van der Waals surface area (Å²) in [5, 5.41) is 0. The van der Waals surface area contributed by atoms with Crippen molar-refractivity contribution in [2.24, 2.45) is 29.4 Å². The molecule has 0 saturated heterocycles. The lowest BCUT2D eigenvalue weighted by atomic mass is 9.63. The van der Waals surface area contributed by atoms with Gasteiger partial charge in [-0.25, -0.2) is 0 Å². The summed E-state index contributed by atoms with van der Waals surface area (Å²) < 4.78 is 0. The van der Waals surface area contributed by atoms with Gasteiger partial charge in [-0.1, -0.05) is 32.1 Å². The van der Waals surface area contributed by atoms with Gasteiger partial charge in [0.05, 0.1) is 0 Å². The van der Waals surface area contributed by atoms with Crippen molar-refractivity contribution in [3.63, 3.8) is 0 Å². The van der Waals surface area contributed by atoms with E-state index < -0.39 is 0 Å². The molecule has 2 N–H and O–H groups in total. The van der Waals surface area contributed by atoms with Crippen LogP contribution in [0.15, 0.2) is 0 Å². The third-order valence-electron chi connectivity index (χ3n) is 5.82. The Morgan fingerprint density at radius 1 is 0.688 bits per heavy atom. The first-order chi connectivity index (χ1) is 7.84. The Balaban J connectivity index is 1.57. The molecule has 3 aliphatic rings. The summed E-state index contributed by atoms with van der Waals surface area (Å²) in [5.74, 6) is 3.91. The highest BCUT2D eigenvalue weighted by Gasteiger charge is 2.37. The smallest absolute Gasteiger partial charge is 0.00957 e. The second kappa shape index (κ2) is 4.68. The van der Waals surface area contributed by atoms with Crippen LogP contribution in [-0.4, -0.2) is 6.04 Å². The zero-order valence-electron chi connectivity index (χ0n) is 10.5. The Morgan fingerprint density at radius 3 is 2.12 bits per heavy atom. The second-order valence-corrected chi connectivity index (χ2v) is 6.65. The van der Waals surface area contributed by atoms with Gasteiger partial charge in [0.15, 0.2) is 0 Å². The van der Waals surface area contributed by atoms with E-state index >= 15 is 0 Å².